The summed E-state index contributed by atoms with van der Waals surface area (Å²) in [5, 5.41) is 0. The quantitative estimate of drug-likeness (QED) is 0.330. The standard InChI is InChI=1S/C21H30O6/c1-13(2-6-16-10-24-16)18-7-5-15(20(22)26-9-14-3-4-14)8-19(18)21(23)27-12-17-11-25-17/h14-19H,1-12H2. The van der Waals surface area contributed by atoms with Gasteiger partial charge in [-0.2, -0.15) is 0 Å². The van der Waals surface area contributed by atoms with Gasteiger partial charge in [0.25, 0.3) is 0 Å². The van der Waals surface area contributed by atoms with Crippen molar-refractivity contribution in [2.45, 2.75) is 57.2 Å². The largest absolute Gasteiger partial charge is 0.465 e. The van der Waals surface area contributed by atoms with E-state index in [9.17, 15) is 9.59 Å². The summed E-state index contributed by atoms with van der Waals surface area (Å²) in [6.07, 6.45) is 6.57. The molecule has 150 valence electrons. The van der Waals surface area contributed by atoms with Gasteiger partial charge >= 0.3 is 11.9 Å². The fraction of sp³-hybridized carbons (Fsp3) is 0.810. The summed E-state index contributed by atoms with van der Waals surface area (Å²) in [6, 6.07) is 0. The molecule has 4 fully saturated rings. The van der Waals surface area contributed by atoms with Gasteiger partial charge in [-0.15, -0.1) is 0 Å². The van der Waals surface area contributed by atoms with E-state index in [1.165, 1.54) is 0 Å². The average Bonchev–Trinajstić information content (AvgIpc) is 3.54. The first-order valence-electron chi connectivity index (χ1n) is 10.3. The van der Waals surface area contributed by atoms with Gasteiger partial charge < -0.3 is 18.9 Å². The molecule has 4 aliphatic rings. The third-order valence-electron chi connectivity index (χ3n) is 6.17. The monoisotopic (exact) mass is 378 g/mol. The van der Waals surface area contributed by atoms with Crippen LogP contribution in [0.4, 0.5) is 0 Å². The number of esters is 2. The fourth-order valence-corrected chi connectivity index (χ4v) is 3.95. The highest BCUT2D eigenvalue weighted by Gasteiger charge is 2.41. The topological polar surface area (TPSA) is 77.7 Å². The zero-order valence-electron chi connectivity index (χ0n) is 15.9. The maximum atomic E-state index is 12.7. The van der Waals surface area contributed by atoms with E-state index in [1.807, 2.05) is 0 Å². The number of hydrogen-bond donors (Lipinski definition) is 0. The lowest BCUT2D eigenvalue weighted by molar-refractivity contribution is -0.157. The zero-order valence-corrected chi connectivity index (χ0v) is 15.9. The van der Waals surface area contributed by atoms with Crippen molar-refractivity contribution >= 4 is 11.9 Å². The molecule has 0 N–H and O–H groups in total. The molecule has 0 bridgehead atoms. The molecule has 6 heteroatoms. The van der Waals surface area contributed by atoms with Crippen LogP contribution in [0.15, 0.2) is 12.2 Å². The van der Waals surface area contributed by atoms with Crippen molar-refractivity contribution in [2.75, 3.05) is 26.4 Å². The Labute approximate surface area is 160 Å². The molecule has 0 aromatic heterocycles. The molecule has 0 spiro atoms. The molecular weight excluding hydrogens is 348 g/mol. The molecule has 0 radical (unpaired) electrons. The van der Waals surface area contributed by atoms with Gasteiger partial charge in [-0.25, -0.2) is 0 Å². The van der Waals surface area contributed by atoms with Crippen molar-refractivity contribution in [1.29, 1.82) is 0 Å². The van der Waals surface area contributed by atoms with E-state index in [1.54, 1.807) is 0 Å². The van der Waals surface area contributed by atoms with E-state index in [0.717, 1.165) is 50.7 Å². The van der Waals surface area contributed by atoms with Crippen LogP contribution in [0.2, 0.25) is 0 Å². The van der Waals surface area contributed by atoms with E-state index < -0.39 is 0 Å². The van der Waals surface area contributed by atoms with Gasteiger partial charge in [-0.05, 0) is 56.8 Å². The molecule has 27 heavy (non-hydrogen) atoms. The minimum atomic E-state index is -0.316. The van der Waals surface area contributed by atoms with Crippen molar-refractivity contribution in [2.24, 2.45) is 23.7 Å². The smallest absolute Gasteiger partial charge is 0.309 e. The number of carbonyl (C=O) groups excluding carboxylic acids is 2. The predicted octanol–water partition coefficient (Wildman–Crippen LogP) is 2.65. The molecule has 0 aromatic rings. The van der Waals surface area contributed by atoms with E-state index in [2.05, 4.69) is 6.58 Å². The number of allylic oxidation sites excluding steroid dienone is 1. The molecule has 2 aliphatic heterocycles. The van der Waals surface area contributed by atoms with Crippen LogP contribution in [0.1, 0.15) is 44.9 Å². The fourth-order valence-electron chi connectivity index (χ4n) is 3.95. The second kappa shape index (κ2) is 8.31. The van der Waals surface area contributed by atoms with E-state index >= 15 is 0 Å². The van der Waals surface area contributed by atoms with Gasteiger partial charge in [0.05, 0.1) is 37.8 Å². The Morgan fingerprint density at radius 1 is 0.889 bits per heavy atom. The van der Waals surface area contributed by atoms with Crippen LogP contribution in [-0.2, 0) is 28.5 Å². The van der Waals surface area contributed by atoms with Crippen LogP contribution in [0.25, 0.3) is 0 Å². The van der Waals surface area contributed by atoms with Crippen LogP contribution < -0.4 is 0 Å². The third-order valence-corrected chi connectivity index (χ3v) is 6.17. The molecule has 2 saturated carbocycles. The highest BCUT2D eigenvalue weighted by atomic mass is 16.6. The number of hydrogen-bond acceptors (Lipinski definition) is 6. The molecule has 2 heterocycles. The Morgan fingerprint density at radius 2 is 1.59 bits per heavy atom. The summed E-state index contributed by atoms with van der Waals surface area (Å²) in [5.74, 6) is -0.282. The number of rotatable bonds is 10. The Morgan fingerprint density at radius 3 is 2.26 bits per heavy atom. The van der Waals surface area contributed by atoms with Crippen molar-refractivity contribution in [3.63, 3.8) is 0 Å². The van der Waals surface area contributed by atoms with Gasteiger partial charge in [0, 0.05) is 0 Å². The third kappa shape index (κ3) is 5.55. The molecule has 6 nitrogen and oxygen atoms in total. The Hall–Kier alpha value is -1.40. The van der Waals surface area contributed by atoms with Gasteiger partial charge in [0.15, 0.2) is 0 Å². The highest BCUT2D eigenvalue weighted by Crippen LogP contribution is 2.41. The SMILES string of the molecule is C=C(CCC1CO1)C1CCC(C(=O)OCC2CC2)CC1C(=O)OCC1CO1. The van der Waals surface area contributed by atoms with Crippen LogP contribution in [0.5, 0.6) is 0 Å². The first kappa shape index (κ1) is 18.9. The first-order chi connectivity index (χ1) is 13.1. The minimum absolute atomic E-state index is 0.0468. The van der Waals surface area contributed by atoms with Gasteiger partial charge in [0.1, 0.15) is 12.7 Å². The van der Waals surface area contributed by atoms with Gasteiger partial charge in [0.2, 0.25) is 0 Å². The van der Waals surface area contributed by atoms with Gasteiger partial charge in [-0.1, -0.05) is 12.2 Å². The molecular formula is C21H30O6. The van der Waals surface area contributed by atoms with Crippen molar-refractivity contribution in [3.8, 4) is 0 Å². The summed E-state index contributed by atoms with van der Waals surface area (Å²) in [4.78, 5) is 25.2. The summed E-state index contributed by atoms with van der Waals surface area (Å²) in [6.45, 7) is 6.58. The van der Waals surface area contributed by atoms with E-state index in [4.69, 9.17) is 18.9 Å². The number of ether oxygens (including phenoxy) is 4. The number of carbonyl (C=O) groups is 2. The maximum Gasteiger partial charge on any atom is 0.309 e. The van der Waals surface area contributed by atoms with Crippen molar-refractivity contribution < 1.29 is 28.5 Å². The van der Waals surface area contributed by atoms with E-state index in [0.29, 0.717) is 38.3 Å². The average molecular weight is 378 g/mol. The Kier molecular flexibility index (Phi) is 5.83. The summed E-state index contributed by atoms with van der Waals surface area (Å²) in [5.41, 5.74) is 1.08. The summed E-state index contributed by atoms with van der Waals surface area (Å²) >= 11 is 0. The van der Waals surface area contributed by atoms with Crippen LogP contribution >= 0.6 is 0 Å². The first-order valence-corrected chi connectivity index (χ1v) is 10.3. The second-order valence-electron chi connectivity index (χ2n) is 8.53. The lowest BCUT2D eigenvalue weighted by Crippen LogP contribution is -2.37. The normalized spacial score (nSPS) is 34.6. The lowest BCUT2D eigenvalue weighted by Gasteiger charge is -2.35. The van der Waals surface area contributed by atoms with Crippen molar-refractivity contribution in [3.05, 3.63) is 12.2 Å². The summed E-state index contributed by atoms with van der Waals surface area (Å²) in [7, 11) is 0. The lowest BCUT2D eigenvalue weighted by atomic mass is 9.70. The zero-order chi connectivity index (χ0) is 18.8. The second-order valence-corrected chi connectivity index (χ2v) is 8.53. The molecule has 2 aliphatic carbocycles. The molecule has 2 saturated heterocycles. The maximum absolute atomic E-state index is 12.7. The molecule has 4 rings (SSSR count). The molecule has 0 aromatic carbocycles. The molecule has 5 unspecified atom stereocenters. The highest BCUT2D eigenvalue weighted by molar-refractivity contribution is 5.77. The Balaban J connectivity index is 1.34. The summed E-state index contributed by atoms with van der Waals surface area (Å²) < 4.78 is 21.4. The minimum Gasteiger partial charge on any atom is -0.465 e. The molecule has 0 amide bonds. The van der Waals surface area contributed by atoms with Crippen LogP contribution in [0.3, 0.4) is 0 Å². The van der Waals surface area contributed by atoms with Crippen molar-refractivity contribution in [1.82, 2.24) is 0 Å². The van der Waals surface area contributed by atoms with E-state index in [-0.39, 0.29) is 35.8 Å². The van der Waals surface area contributed by atoms with Gasteiger partial charge in [-0.3, -0.25) is 9.59 Å². The Bertz CT molecular complexity index is 575. The predicted molar refractivity (Wildman–Crippen MR) is 96.8 cm³/mol. The van der Waals surface area contributed by atoms with Crippen LogP contribution in [-0.4, -0.2) is 50.6 Å². The van der Waals surface area contributed by atoms with Crippen LogP contribution in [0, 0.1) is 23.7 Å². The molecule has 5 atom stereocenters. The number of epoxide rings is 2.